The zero-order chi connectivity index (χ0) is 15.3. The van der Waals surface area contributed by atoms with Crippen molar-refractivity contribution in [1.29, 1.82) is 0 Å². The quantitative estimate of drug-likeness (QED) is 0.904. The molecule has 2 atom stereocenters. The van der Waals surface area contributed by atoms with Gasteiger partial charge in [-0.25, -0.2) is 0 Å². The highest BCUT2D eigenvalue weighted by molar-refractivity contribution is 6.00. The van der Waals surface area contributed by atoms with Crippen molar-refractivity contribution in [2.45, 2.75) is 36.8 Å². The molecule has 2 heterocycles. The fourth-order valence-corrected chi connectivity index (χ4v) is 3.94. The van der Waals surface area contributed by atoms with Crippen LogP contribution in [-0.4, -0.2) is 49.8 Å². The van der Waals surface area contributed by atoms with Crippen molar-refractivity contribution < 1.29 is 9.53 Å². The fraction of sp³-hybridized carbons (Fsp3) is 0.588. The van der Waals surface area contributed by atoms with Gasteiger partial charge in [0, 0.05) is 30.8 Å². The Balaban J connectivity index is 1.54. The summed E-state index contributed by atoms with van der Waals surface area (Å²) in [5, 5.41) is 0. The number of carbonyl (C=O) groups is 1. The molecule has 1 aromatic rings. The molecule has 5 heteroatoms. The summed E-state index contributed by atoms with van der Waals surface area (Å²) in [6.45, 7) is 2.36. The Kier molecular flexibility index (Phi) is 3.25. The summed E-state index contributed by atoms with van der Waals surface area (Å²) < 4.78 is 5.35. The first-order valence-electron chi connectivity index (χ1n) is 8.05. The van der Waals surface area contributed by atoms with E-state index in [9.17, 15) is 4.79 Å². The summed E-state index contributed by atoms with van der Waals surface area (Å²) in [5.74, 6) is 0.149. The van der Waals surface area contributed by atoms with Crippen molar-refractivity contribution in [2.24, 2.45) is 5.73 Å². The molecule has 22 heavy (non-hydrogen) atoms. The second kappa shape index (κ2) is 5.05. The average molecular weight is 301 g/mol. The highest BCUT2D eigenvalue weighted by atomic mass is 16.5. The number of anilines is 1. The monoisotopic (exact) mass is 301 g/mol. The zero-order valence-corrected chi connectivity index (χ0v) is 13.0. The number of amides is 1. The number of nitrogens with two attached hydrogens (primary N) is 1. The van der Waals surface area contributed by atoms with Gasteiger partial charge in [0.15, 0.2) is 0 Å². The Morgan fingerprint density at radius 1 is 1.32 bits per heavy atom. The number of benzene rings is 1. The molecule has 0 aromatic heterocycles. The SMILES string of the molecule is COCC1(c2ccc(N3CN4CC[C@@H](N)[C@H]4C3=O)cc2)CC1. The molecule has 0 spiro atoms. The van der Waals surface area contributed by atoms with Gasteiger partial charge >= 0.3 is 0 Å². The number of carbonyl (C=O) groups excluding carboxylic acids is 1. The van der Waals surface area contributed by atoms with E-state index < -0.39 is 0 Å². The lowest BCUT2D eigenvalue weighted by Gasteiger charge is -2.20. The van der Waals surface area contributed by atoms with Crippen LogP contribution in [0.25, 0.3) is 0 Å². The van der Waals surface area contributed by atoms with E-state index in [4.69, 9.17) is 10.5 Å². The average Bonchev–Trinajstić information content (AvgIpc) is 3.10. The maximum atomic E-state index is 12.6. The van der Waals surface area contributed by atoms with E-state index in [0.717, 1.165) is 25.3 Å². The summed E-state index contributed by atoms with van der Waals surface area (Å²) in [6.07, 6.45) is 3.30. The Morgan fingerprint density at radius 2 is 2.05 bits per heavy atom. The molecule has 0 unspecified atom stereocenters. The maximum Gasteiger partial charge on any atom is 0.247 e. The standard InChI is InChI=1S/C17H23N3O2/c1-22-10-17(7-8-17)12-2-4-13(5-3-12)20-11-19-9-6-14(18)15(19)16(20)21/h2-5,14-15H,6-11,18H2,1H3/t14-,15+/m1/s1. The van der Waals surface area contributed by atoms with Crippen molar-refractivity contribution >= 4 is 11.6 Å². The molecule has 1 aliphatic carbocycles. The molecular weight excluding hydrogens is 278 g/mol. The number of ether oxygens (including phenoxy) is 1. The lowest BCUT2D eigenvalue weighted by Crippen LogP contribution is -2.41. The first-order valence-corrected chi connectivity index (χ1v) is 8.05. The summed E-state index contributed by atoms with van der Waals surface area (Å²) in [6, 6.07) is 8.29. The van der Waals surface area contributed by atoms with Crippen LogP contribution in [0, 0.1) is 0 Å². The molecule has 3 aliphatic rings. The highest BCUT2D eigenvalue weighted by Crippen LogP contribution is 2.48. The fourth-order valence-electron chi connectivity index (χ4n) is 3.94. The molecule has 3 fully saturated rings. The molecule has 5 nitrogen and oxygen atoms in total. The van der Waals surface area contributed by atoms with Crippen LogP contribution in [-0.2, 0) is 14.9 Å². The van der Waals surface area contributed by atoms with Gasteiger partial charge in [0.25, 0.3) is 0 Å². The van der Waals surface area contributed by atoms with Crippen LogP contribution >= 0.6 is 0 Å². The highest BCUT2D eigenvalue weighted by Gasteiger charge is 2.47. The summed E-state index contributed by atoms with van der Waals surface area (Å²) in [7, 11) is 1.76. The molecule has 118 valence electrons. The van der Waals surface area contributed by atoms with Gasteiger partial charge in [0.05, 0.1) is 13.3 Å². The summed E-state index contributed by atoms with van der Waals surface area (Å²) in [5.41, 5.74) is 8.58. The maximum absolute atomic E-state index is 12.6. The van der Waals surface area contributed by atoms with E-state index in [-0.39, 0.29) is 23.4 Å². The third-order valence-corrected chi connectivity index (χ3v) is 5.46. The van der Waals surface area contributed by atoms with Crippen LogP contribution in [0.3, 0.4) is 0 Å². The number of hydrogen-bond acceptors (Lipinski definition) is 4. The van der Waals surface area contributed by atoms with E-state index >= 15 is 0 Å². The molecule has 0 radical (unpaired) electrons. The van der Waals surface area contributed by atoms with Crippen molar-refractivity contribution in [3.63, 3.8) is 0 Å². The van der Waals surface area contributed by atoms with Crippen LogP contribution < -0.4 is 10.6 Å². The molecule has 1 aromatic carbocycles. The van der Waals surface area contributed by atoms with E-state index in [0.29, 0.717) is 6.67 Å². The Hall–Kier alpha value is -1.43. The first kappa shape index (κ1) is 14.2. The largest absolute Gasteiger partial charge is 0.384 e. The van der Waals surface area contributed by atoms with Gasteiger partial charge in [-0.1, -0.05) is 12.1 Å². The second-order valence-corrected chi connectivity index (χ2v) is 6.88. The van der Waals surface area contributed by atoms with Gasteiger partial charge in [-0.2, -0.15) is 0 Å². The topological polar surface area (TPSA) is 58.8 Å². The van der Waals surface area contributed by atoms with Crippen molar-refractivity contribution in [2.75, 3.05) is 31.8 Å². The normalized spacial score (nSPS) is 29.9. The van der Waals surface area contributed by atoms with Crippen LogP contribution in [0.4, 0.5) is 5.69 Å². The van der Waals surface area contributed by atoms with Crippen LogP contribution in [0.5, 0.6) is 0 Å². The molecule has 4 rings (SSSR count). The van der Waals surface area contributed by atoms with Gasteiger partial charge in [-0.15, -0.1) is 0 Å². The van der Waals surface area contributed by atoms with E-state index in [1.165, 1.54) is 18.4 Å². The van der Waals surface area contributed by atoms with E-state index in [2.05, 4.69) is 29.2 Å². The molecule has 0 bridgehead atoms. The first-order chi connectivity index (χ1) is 10.6. The van der Waals surface area contributed by atoms with Gasteiger partial charge in [-0.3, -0.25) is 14.6 Å². The predicted octanol–water partition coefficient (Wildman–Crippen LogP) is 1.07. The molecular formula is C17H23N3O2. The number of methoxy groups -OCH3 is 1. The van der Waals surface area contributed by atoms with E-state index in [1.807, 2.05) is 4.90 Å². The minimum atomic E-state index is -0.122. The number of fused-ring (bicyclic) bond motifs is 1. The summed E-state index contributed by atoms with van der Waals surface area (Å²) >= 11 is 0. The third kappa shape index (κ3) is 2.07. The van der Waals surface area contributed by atoms with Crippen molar-refractivity contribution in [3.8, 4) is 0 Å². The molecule has 1 saturated carbocycles. The van der Waals surface area contributed by atoms with Crippen LogP contribution in [0.15, 0.2) is 24.3 Å². The van der Waals surface area contributed by atoms with Gasteiger partial charge in [0.1, 0.15) is 6.04 Å². The number of nitrogens with zero attached hydrogens (tertiary/aromatic N) is 2. The Bertz CT molecular complexity index is 582. The second-order valence-electron chi connectivity index (χ2n) is 6.88. The van der Waals surface area contributed by atoms with Crippen LogP contribution in [0.1, 0.15) is 24.8 Å². The Morgan fingerprint density at radius 3 is 2.64 bits per heavy atom. The molecule has 2 saturated heterocycles. The predicted molar refractivity (Wildman–Crippen MR) is 84.7 cm³/mol. The Labute approximate surface area is 131 Å². The third-order valence-electron chi connectivity index (χ3n) is 5.46. The lowest BCUT2D eigenvalue weighted by molar-refractivity contribution is -0.119. The summed E-state index contributed by atoms with van der Waals surface area (Å²) in [4.78, 5) is 16.6. The van der Waals surface area contributed by atoms with Gasteiger partial charge in [0.2, 0.25) is 5.91 Å². The van der Waals surface area contributed by atoms with Crippen molar-refractivity contribution in [3.05, 3.63) is 29.8 Å². The molecule has 2 aliphatic heterocycles. The van der Waals surface area contributed by atoms with Gasteiger partial charge < -0.3 is 10.5 Å². The smallest absolute Gasteiger partial charge is 0.247 e. The minimum Gasteiger partial charge on any atom is -0.384 e. The minimum absolute atomic E-state index is 0.0202. The lowest BCUT2D eigenvalue weighted by atomic mass is 9.96. The van der Waals surface area contributed by atoms with E-state index in [1.54, 1.807) is 7.11 Å². The molecule has 2 N–H and O–H groups in total. The zero-order valence-electron chi connectivity index (χ0n) is 13.0. The molecule has 1 amide bonds. The number of hydrogen-bond donors (Lipinski definition) is 1. The van der Waals surface area contributed by atoms with Crippen LogP contribution in [0.2, 0.25) is 0 Å². The number of rotatable bonds is 4. The van der Waals surface area contributed by atoms with Crippen molar-refractivity contribution in [1.82, 2.24) is 4.90 Å². The van der Waals surface area contributed by atoms with Gasteiger partial charge in [-0.05, 0) is 37.0 Å².